The van der Waals surface area contributed by atoms with E-state index in [4.69, 9.17) is 0 Å². The van der Waals surface area contributed by atoms with Gasteiger partial charge in [-0.05, 0) is 25.8 Å². The lowest BCUT2D eigenvalue weighted by molar-refractivity contribution is -0.143. The normalized spacial score (nSPS) is 19.4. The Morgan fingerprint density at radius 2 is 2.27 bits per heavy atom. The molecule has 0 unspecified atom stereocenters. The average molecular weight is 336 g/mol. The van der Waals surface area contributed by atoms with Gasteiger partial charge in [0.2, 0.25) is 0 Å². The van der Waals surface area contributed by atoms with E-state index >= 15 is 0 Å². The first-order valence-corrected chi connectivity index (χ1v) is 7.91. The van der Waals surface area contributed by atoms with Gasteiger partial charge in [-0.15, -0.1) is 11.3 Å². The molecule has 1 saturated heterocycles. The van der Waals surface area contributed by atoms with Gasteiger partial charge in [0.25, 0.3) is 0 Å². The summed E-state index contributed by atoms with van der Waals surface area (Å²) in [5.74, 6) is 0.0645. The number of hydrogen-bond donors (Lipinski definition) is 2. The van der Waals surface area contributed by atoms with Crippen molar-refractivity contribution in [1.82, 2.24) is 20.5 Å². The van der Waals surface area contributed by atoms with Crippen LogP contribution in [-0.2, 0) is 6.54 Å². The van der Waals surface area contributed by atoms with Crippen LogP contribution in [0.5, 0.6) is 0 Å². The lowest BCUT2D eigenvalue weighted by atomic mass is 10.1. The first-order valence-electron chi connectivity index (χ1n) is 7.03. The number of aromatic nitrogens is 1. The van der Waals surface area contributed by atoms with E-state index in [1.807, 2.05) is 12.3 Å². The maximum absolute atomic E-state index is 12.3. The fourth-order valence-corrected chi connectivity index (χ4v) is 3.05. The number of aryl methyl sites for hydroxylation is 1. The maximum Gasteiger partial charge on any atom is 0.401 e. The number of carbonyl (C=O) groups is 1. The van der Waals surface area contributed by atoms with Crippen LogP contribution in [0.25, 0.3) is 0 Å². The zero-order valence-electron chi connectivity index (χ0n) is 12.2. The molecule has 1 aromatic heterocycles. The smallest absolute Gasteiger partial charge is 0.338 e. The molecule has 0 saturated carbocycles. The Morgan fingerprint density at radius 1 is 1.50 bits per heavy atom. The Morgan fingerprint density at radius 3 is 2.91 bits per heavy atom. The molecule has 0 aliphatic carbocycles. The number of carbonyl (C=O) groups excluding carboxylic acids is 1. The molecule has 1 aliphatic heterocycles. The Labute approximate surface area is 130 Å². The van der Waals surface area contributed by atoms with E-state index in [1.54, 1.807) is 0 Å². The molecule has 2 heterocycles. The highest BCUT2D eigenvalue weighted by Crippen LogP contribution is 2.22. The molecule has 0 aromatic carbocycles. The van der Waals surface area contributed by atoms with Crippen molar-refractivity contribution in [2.75, 3.05) is 26.2 Å². The molecule has 1 fully saturated rings. The van der Waals surface area contributed by atoms with Crippen LogP contribution in [0.3, 0.4) is 0 Å². The van der Waals surface area contributed by atoms with Crippen molar-refractivity contribution in [3.63, 3.8) is 0 Å². The van der Waals surface area contributed by atoms with Gasteiger partial charge in [0, 0.05) is 18.5 Å². The minimum Gasteiger partial charge on any atom is -0.338 e. The van der Waals surface area contributed by atoms with Crippen LogP contribution in [0.4, 0.5) is 18.0 Å². The summed E-state index contributed by atoms with van der Waals surface area (Å²) in [6.45, 7) is 2.54. The molecule has 2 amide bonds. The van der Waals surface area contributed by atoms with Crippen molar-refractivity contribution in [3.05, 3.63) is 16.1 Å². The highest BCUT2D eigenvalue weighted by Gasteiger charge is 2.34. The minimum atomic E-state index is -4.16. The van der Waals surface area contributed by atoms with Gasteiger partial charge in [-0.2, -0.15) is 13.2 Å². The van der Waals surface area contributed by atoms with E-state index in [0.29, 0.717) is 32.6 Å². The van der Waals surface area contributed by atoms with Gasteiger partial charge in [-0.25, -0.2) is 9.78 Å². The van der Waals surface area contributed by atoms with E-state index < -0.39 is 12.7 Å². The van der Waals surface area contributed by atoms with Gasteiger partial charge in [-0.1, -0.05) is 0 Å². The molecule has 124 valence electrons. The summed E-state index contributed by atoms with van der Waals surface area (Å²) in [4.78, 5) is 17.3. The van der Waals surface area contributed by atoms with Gasteiger partial charge < -0.3 is 10.6 Å². The van der Waals surface area contributed by atoms with Crippen LogP contribution in [-0.4, -0.2) is 48.3 Å². The van der Waals surface area contributed by atoms with Crippen LogP contribution >= 0.6 is 11.3 Å². The third-order valence-electron chi connectivity index (χ3n) is 3.42. The third kappa shape index (κ3) is 5.80. The second kappa shape index (κ2) is 7.28. The van der Waals surface area contributed by atoms with Crippen molar-refractivity contribution < 1.29 is 18.0 Å². The number of thiazole rings is 1. The zero-order valence-corrected chi connectivity index (χ0v) is 13.1. The maximum atomic E-state index is 12.3. The fourth-order valence-electron chi connectivity index (χ4n) is 2.44. The van der Waals surface area contributed by atoms with Gasteiger partial charge in [0.15, 0.2) is 0 Å². The predicted molar refractivity (Wildman–Crippen MR) is 77.7 cm³/mol. The Hall–Kier alpha value is -1.35. The Kier molecular flexibility index (Phi) is 5.63. The molecule has 0 bridgehead atoms. The first kappa shape index (κ1) is 17.0. The SMILES string of the molecule is Cc1nc(CNC(=O)NC[C@H]2CCN(CC(F)(F)F)C2)cs1. The van der Waals surface area contributed by atoms with Crippen LogP contribution < -0.4 is 10.6 Å². The van der Waals surface area contributed by atoms with Crippen molar-refractivity contribution in [3.8, 4) is 0 Å². The number of hydrogen-bond acceptors (Lipinski definition) is 4. The molecule has 2 N–H and O–H groups in total. The summed E-state index contributed by atoms with van der Waals surface area (Å²) in [6, 6.07) is -0.320. The van der Waals surface area contributed by atoms with Gasteiger partial charge in [0.05, 0.1) is 23.8 Å². The number of amides is 2. The van der Waals surface area contributed by atoms with Gasteiger partial charge in [-0.3, -0.25) is 4.90 Å². The van der Waals surface area contributed by atoms with Crippen LogP contribution in [0.1, 0.15) is 17.1 Å². The zero-order chi connectivity index (χ0) is 16.2. The molecule has 1 atom stereocenters. The van der Waals surface area contributed by atoms with Gasteiger partial charge in [0.1, 0.15) is 0 Å². The number of halogens is 3. The van der Waals surface area contributed by atoms with Crippen molar-refractivity contribution in [2.45, 2.75) is 26.1 Å². The third-order valence-corrected chi connectivity index (χ3v) is 4.24. The number of nitrogens with one attached hydrogen (secondary N) is 2. The second-order valence-electron chi connectivity index (χ2n) is 5.43. The van der Waals surface area contributed by atoms with Crippen molar-refractivity contribution in [1.29, 1.82) is 0 Å². The van der Waals surface area contributed by atoms with Crippen molar-refractivity contribution in [2.24, 2.45) is 5.92 Å². The largest absolute Gasteiger partial charge is 0.401 e. The van der Waals surface area contributed by atoms with E-state index in [0.717, 1.165) is 10.7 Å². The molecule has 9 heteroatoms. The number of likely N-dealkylation sites (tertiary alicyclic amines) is 1. The highest BCUT2D eigenvalue weighted by molar-refractivity contribution is 7.09. The number of nitrogens with zero attached hydrogens (tertiary/aromatic N) is 2. The molecule has 5 nitrogen and oxygen atoms in total. The summed E-state index contributed by atoms with van der Waals surface area (Å²) in [5.41, 5.74) is 0.801. The molecular weight excluding hydrogens is 317 g/mol. The summed E-state index contributed by atoms with van der Waals surface area (Å²) in [6.07, 6.45) is -3.49. The summed E-state index contributed by atoms with van der Waals surface area (Å²) < 4.78 is 36.9. The minimum absolute atomic E-state index is 0.0645. The van der Waals surface area contributed by atoms with Gasteiger partial charge >= 0.3 is 12.2 Å². The lowest BCUT2D eigenvalue weighted by Crippen LogP contribution is -2.39. The summed E-state index contributed by atoms with van der Waals surface area (Å²) in [5, 5.41) is 8.20. The summed E-state index contributed by atoms with van der Waals surface area (Å²) in [7, 11) is 0. The molecule has 0 spiro atoms. The van der Waals surface area contributed by atoms with Crippen LogP contribution in [0.15, 0.2) is 5.38 Å². The van der Waals surface area contributed by atoms with Crippen LogP contribution in [0.2, 0.25) is 0 Å². The number of rotatable bonds is 5. The molecule has 1 aliphatic rings. The molecule has 0 radical (unpaired) electrons. The molecule has 1 aromatic rings. The quantitative estimate of drug-likeness (QED) is 0.866. The standard InChI is InChI=1S/C13H19F3N4OS/c1-9-19-11(7-22-9)5-18-12(21)17-4-10-2-3-20(6-10)8-13(14,15)16/h7,10H,2-6,8H2,1H3,(H2,17,18,21)/t10-/m1/s1. The van der Waals surface area contributed by atoms with E-state index in [9.17, 15) is 18.0 Å². The second-order valence-corrected chi connectivity index (χ2v) is 6.49. The average Bonchev–Trinajstić information content (AvgIpc) is 3.01. The molecular formula is C13H19F3N4OS. The Bertz CT molecular complexity index is 506. The van der Waals surface area contributed by atoms with Crippen molar-refractivity contribution >= 4 is 17.4 Å². The monoisotopic (exact) mass is 336 g/mol. The highest BCUT2D eigenvalue weighted by atomic mass is 32.1. The van der Waals surface area contributed by atoms with E-state index in [2.05, 4.69) is 15.6 Å². The van der Waals surface area contributed by atoms with E-state index in [-0.39, 0.29) is 11.9 Å². The summed E-state index contributed by atoms with van der Waals surface area (Å²) >= 11 is 1.51. The molecule has 22 heavy (non-hydrogen) atoms. The number of alkyl halides is 3. The predicted octanol–water partition coefficient (Wildman–Crippen LogP) is 2.13. The van der Waals surface area contributed by atoms with E-state index in [1.165, 1.54) is 16.2 Å². The topological polar surface area (TPSA) is 57.3 Å². The van der Waals surface area contributed by atoms with Crippen LogP contribution in [0, 0.1) is 12.8 Å². The lowest BCUT2D eigenvalue weighted by Gasteiger charge is -2.18. The Balaban J connectivity index is 1.63. The fraction of sp³-hybridized carbons (Fsp3) is 0.692. The molecule has 2 rings (SSSR count). The number of urea groups is 1. The first-order chi connectivity index (χ1) is 10.3.